The third-order valence-corrected chi connectivity index (χ3v) is 7.34. The monoisotopic (exact) mass is 485 g/mol. The summed E-state index contributed by atoms with van der Waals surface area (Å²) >= 11 is 0. The average molecular weight is 486 g/mol. The van der Waals surface area contributed by atoms with Gasteiger partial charge in [0.15, 0.2) is 17.2 Å². The maximum atomic E-state index is 13.1. The van der Waals surface area contributed by atoms with Crippen LogP contribution in [-0.4, -0.2) is 55.0 Å². The number of amides is 1. The number of carbonyl (C=O) groups is 1. The van der Waals surface area contributed by atoms with Gasteiger partial charge in [-0.05, 0) is 62.6 Å². The van der Waals surface area contributed by atoms with E-state index in [1.165, 1.54) is 5.56 Å². The topological polar surface area (TPSA) is 45.3 Å². The third-order valence-electron chi connectivity index (χ3n) is 7.34. The standard InChI is InChI=1S/C30H35N3O3/c1-4-32(5-2)30(34)23-14-15-25-28(20-23)36-29-26(12-9-13-27(29)35-3)33(25)24-16-18-31(19-17-24)21-22-10-7-6-8-11-22/h6-15,20,24H,4-5,16-19,21H2,1-3H3. The Morgan fingerprint density at radius 1 is 0.972 bits per heavy atom. The van der Waals surface area contributed by atoms with Crippen molar-refractivity contribution in [2.24, 2.45) is 0 Å². The molecule has 0 atom stereocenters. The molecule has 0 spiro atoms. The lowest BCUT2D eigenvalue weighted by atomic mass is 9.98. The number of benzene rings is 3. The van der Waals surface area contributed by atoms with E-state index in [4.69, 9.17) is 9.47 Å². The number of fused-ring (bicyclic) bond motifs is 2. The number of anilines is 2. The number of nitrogens with zero attached hydrogens (tertiary/aromatic N) is 3. The van der Waals surface area contributed by atoms with Gasteiger partial charge in [0.25, 0.3) is 5.91 Å². The first kappa shape index (κ1) is 24.2. The number of para-hydroxylation sites is 1. The van der Waals surface area contributed by atoms with E-state index in [0.717, 1.165) is 43.9 Å². The van der Waals surface area contributed by atoms with Crippen molar-refractivity contribution in [3.63, 3.8) is 0 Å². The Bertz CT molecular complexity index is 1200. The van der Waals surface area contributed by atoms with Gasteiger partial charge in [-0.25, -0.2) is 0 Å². The maximum absolute atomic E-state index is 13.1. The molecular weight excluding hydrogens is 450 g/mol. The van der Waals surface area contributed by atoms with E-state index >= 15 is 0 Å². The predicted octanol–water partition coefficient (Wildman–Crippen LogP) is 6.09. The van der Waals surface area contributed by atoms with E-state index in [0.29, 0.717) is 41.9 Å². The van der Waals surface area contributed by atoms with E-state index in [1.807, 2.05) is 49.1 Å². The second kappa shape index (κ2) is 10.6. The Balaban J connectivity index is 1.44. The zero-order chi connectivity index (χ0) is 25.1. The van der Waals surface area contributed by atoms with Crippen LogP contribution in [0.25, 0.3) is 0 Å². The average Bonchev–Trinajstić information content (AvgIpc) is 2.93. The molecule has 1 saturated heterocycles. The number of methoxy groups -OCH3 is 1. The maximum Gasteiger partial charge on any atom is 0.253 e. The van der Waals surface area contributed by atoms with Crippen molar-refractivity contribution < 1.29 is 14.3 Å². The van der Waals surface area contributed by atoms with Crippen molar-refractivity contribution in [1.29, 1.82) is 0 Å². The zero-order valence-corrected chi connectivity index (χ0v) is 21.4. The van der Waals surface area contributed by atoms with Gasteiger partial charge in [0.1, 0.15) is 0 Å². The first-order chi connectivity index (χ1) is 17.6. The summed E-state index contributed by atoms with van der Waals surface area (Å²) in [4.78, 5) is 19.8. The SMILES string of the molecule is CCN(CC)C(=O)c1ccc2c(c1)Oc1c(OC)cccc1N2C1CCN(Cc2ccccc2)CC1. The van der Waals surface area contributed by atoms with E-state index in [2.05, 4.69) is 46.2 Å². The summed E-state index contributed by atoms with van der Waals surface area (Å²) in [5.74, 6) is 2.14. The minimum Gasteiger partial charge on any atom is -0.493 e. The molecule has 6 nitrogen and oxygen atoms in total. The van der Waals surface area contributed by atoms with Crippen LogP contribution in [0.2, 0.25) is 0 Å². The molecule has 0 aliphatic carbocycles. The third kappa shape index (κ3) is 4.65. The molecule has 2 heterocycles. The van der Waals surface area contributed by atoms with Crippen LogP contribution in [0.5, 0.6) is 17.2 Å². The summed E-state index contributed by atoms with van der Waals surface area (Å²) in [5.41, 5.74) is 4.03. The molecule has 3 aromatic rings. The van der Waals surface area contributed by atoms with Crippen LogP contribution in [0, 0.1) is 0 Å². The van der Waals surface area contributed by atoms with Crippen molar-refractivity contribution in [3.8, 4) is 17.2 Å². The molecule has 1 fully saturated rings. The van der Waals surface area contributed by atoms with Crippen LogP contribution in [-0.2, 0) is 6.54 Å². The number of ether oxygens (including phenoxy) is 2. The Morgan fingerprint density at radius 2 is 1.72 bits per heavy atom. The van der Waals surface area contributed by atoms with E-state index in [9.17, 15) is 4.79 Å². The van der Waals surface area contributed by atoms with Crippen LogP contribution in [0.3, 0.4) is 0 Å². The van der Waals surface area contributed by atoms with Crippen LogP contribution in [0.1, 0.15) is 42.6 Å². The van der Waals surface area contributed by atoms with E-state index in [-0.39, 0.29) is 5.91 Å². The summed E-state index contributed by atoms with van der Waals surface area (Å²) < 4.78 is 12.1. The molecule has 36 heavy (non-hydrogen) atoms. The molecular formula is C30H35N3O3. The molecule has 0 N–H and O–H groups in total. The molecule has 0 saturated carbocycles. The van der Waals surface area contributed by atoms with E-state index < -0.39 is 0 Å². The lowest BCUT2D eigenvalue weighted by Crippen LogP contribution is -2.43. The molecule has 3 aromatic carbocycles. The smallest absolute Gasteiger partial charge is 0.253 e. The zero-order valence-electron chi connectivity index (χ0n) is 21.4. The highest BCUT2D eigenvalue weighted by molar-refractivity contribution is 5.96. The van der Waals surface area contributed by atoms with Gasteiger partial charge in [0.05, 0.1) is 18.5 Å². The summed E-state index contributed by atoms with van der Waals surface area (Å²) in [6.07, 6.45) is 2.09. The summed E-state index contributed by atoms with van der Waals surface area (Å²) in [7, 11) is 1.67. The highest BCUT2D eigenvalue weighted by atomic mass is 16.5. The second-order valence-corrected chi connectivity index (χ2v) is 9.43. The number of rotatable bonds is 7. The largest absolute Gasteiger partial charge is 0.493 e. The van der Waals surface area contributed by atoms with Crippen molar-refractivity contribution in [1.82, 2.24) is 9.80 Å². The Morgan fingerprint density at radius 3 is 2.42 bits per heavy atom. The highest BCUT2D eigenvalue weighted by Crippen LogP contribution is 2.52. The van der Waals surface area contributed by atoms with Crippen molar-refractivity contribution in [2.75, 3.05) is 38.2 Å². The van der Waals surface area contributed by atoms with Gasteiger partial charge in [-0.2, -0.15) is 0 Å². The minimum atomic E-state index is 0.0259. The molecule has 0 radical (unpaired) electrons. The van der Waals surface area contributed by atoms with Gasteiger partial charge in [-0.1, -0.05) is 36.4 Å². The second-order valence-electron chi connectivity index (χ2n) is 9.43. The normalized spacial score (nSPS) is 15.6. The number of hydrogen-bond acceptors (Lipinski definition) is 5. The van der Waals surface area contributed by atoms with Crippen molar-refractivity contribution in [2.45, 2.75) is 39.3 Å². The van der Waals surface area contributed by atoms with Gasteiger partial charge >= 0.3 is 0 Å². The molecule has 5 rings (SSSR count). The number of likely N-dealkylation sites (tertiary alicyclic amines) is 1. The van der Waals surface area contributed by atoms with E-state index in [1.54, 1.807) is 7.11 Å². The lowest BCUT2D eigenvalue weighted by molar-refractivity contribution is 0.0772. The quantitative estimate of drug-likeness (QED) is 0.406. The molecule has 0 aromatic heterocycles. The van der Waals surface area contributed by atoms with Gasteiger partial charge in [0.2, 0.25) is 0 Å². The van der Waals surface area contributed by atoms with Gasteiger partial charge in [-0.3, -0.25) is 9.69 Å². The number of carbonyl (C=O) groups excluding carboxylic acids is 1. The summed E-state index contributed by atoms with van der Waals surface area (Å²) in [6.45, 7) is 8.41. The van der Waals surface area contributed by atoms with Crippen LogP contribution < -0.4 is 14.4 Å². The van der Waals surface area contributed by atoms with Crippen molar-refractivity contribution >= 4 is 17.3 Å². The fourth-order valence-electron chi connectivity index (χ4n) is 5.39. The molecule has 188 valence electrons. The van der Waals surface area contributed by atoms with Crippen molar-refractivity contribution in [3.05, 3.63) is 77.9 Å². The van der Waals surface area contributed by atoms with Crippen LogP contribution in [0.4, 0.5) is 11.4 Å². The Kier molecular flexibility index (Phi) is 7.14. The highest BCUT2D eigenvalue weighted by Gasteiger charge is 2.34. The fraction of sp³-hybridized carbons (Fsp3) is 0.367. The first-order valence-electron chi connectivity index (χ1n) is 13.0. The van der Waals surface area contributed by atoms with Crippen LogP contribution in [0.15, 0.2) is 66.7 Å². The van der Waals surface area contributed by atoms with Gasteiger partial charge in [-0.15, -0.1) is 0 Å². The molecule has 6 heteroatoms. The molecule has 0 unspecified atom stereocenters. The first-order valence-corrected chi connectivity index (χ1v) is 13.0. The van der Waals surface area contributed by atoms with Crippen LogP contribution >= 0.6 is 0 Å². The minimum absolute atomic E-state index is 0.0259. The van der Waals surface area contributed by atoms with Gasteiger partial charge in [0, 0.05) is 44.3 Å². The molecule has 2 aliphatic heterocycles. The summed E-state index contributed by atoms with van der Waals surface area (Å²) in [5, 5.41) is 0. The van der Waals surface area contributed by atoms with Gasteiger partial charge < -0.3 is 19.3 Å². The number of piperidine rings is 1. The predicted molar refractivity (Wildman–Crippen MR) is 144 cm³/mol. The molecule has 1 amide bonds. The molecule has 0 bridgehead atoms. The molecule has 2 aliphatic rings. The Labute approximate surface area is 214 Å². The number of hydrogen-bond donors (Lipinski definition) is 0. The fourth-order valence-corrected chi connectivity index (χ4v) is 5.39. The summed E-state index contributed by atoms with van der Waals surface area (Å²) in [6, 6.07) is 22.9. The lowest BCUT2D eigenvalue weighted by Gasteiger charge is -2.42. The Hall–Kier alpha value is -3.51.